The maximum absolute atomic E-state index is 11.6. The largest absolute Gasteiger partial charge is 0.465 e. The average molecular weight is 262 g/mol. The minimum absolute atomic E-state index is 0.295. The second kappa shape index (κ2) is 7.29. The third kappa shape index (κ3) is 4.06. The van der Waals surface area contributed by atoms with E-state index >= 15 is 0 Å². The van der Waals surface area contributed by atoms with Crippen molar-refractivity contribution in [2.24, 2.45) is 5.92 Å². The molecular weight excluding hydrogens is 240 g/mol. The first-order chi connectivity index (χ1) is 9.31. The number of rotatable bonds is 5. The van der Waals surface area contributed by atoms with Crippen molar-refractivity contribution in [1.29, 1.82) is 0 Å². The third-order valence-electron chi connectivity index (χ3n) is 3.76. The predicted octanol–water partition coefficient (Wildman–Crippen LogP) is 3.57. The topological polar surface area (TPSA) is 35.5 Å². The van der Waals surface area contributed by atoms with E-state index in [0.717, 1.165) is 12.2 Å². The number of ether oxygens (including phenoxy) is 2. The van der Waals surface area contributed by atoms with Gasteiger partial charge in [-0.2, -0.15) is 0 Å². The monoisotopic (exact) mass is 262 g/mol. The molecule has 0 aromatic heterocycles. The van der Waals surface area contributed by atoms with Crippen molar-refractivity contribution in [1.82, 2.24) is 0 Å². The van der Waals surface area contributed by atoms with Crippen LogP contribution >= 0.6 is 0 Å². The van der Waals surface area contributed by atoms with E-state index in [0.29, 0.717) is 18.1 Å². The van der Waals surface area contributed by atoms with Crippen molar-refractivity contribution in [3.05, 3.63) is 35.4 Å². The van der Waals surface area contributed by atoms with Gasteiger partial charge in [-0.15, -0.1) is 0 Å². The van der Waals surface area contributed by atoms with Crippen molar-refractivity contribution < 1.29 is 14.3 Å². The number of carbonyl (C=O) groups is 1. The highest BCUT2D eigenvalue weighted by molar-refractivity contribution is 5.90. The zero-order chi connectivity index (χ0) is 13.5. The number of esters is 1. The Balaban J connectivity index is 1.86. The smallest absolute Gasteiger partial charge is 0.338 e. The molecule has 0 aliphatic heterocycles. The third-order valence-corrected chi connectivity index (χ3v) is 3.76. The summed E-state index contributed by atoms with van der Waals surface area (Å²) in [4.78, 5) is 11.6. The van der Waals surface area contributed by atoms with Crippen molar-refractivity contribution in [3.63, 3.8) is 0 Å². The summed E-state index contributed by atoms with van der Waals surface area (Å²) in [7, 11) is 1.40. The molecule has 0 saturated heterocycles. The Hall–Kier alpha value is -1.35. The highest BCUT2D eigenvalue weighted by atomic mass is 16.5. The molecule has 0 unspecified atom stereocenters. The van der Waals surface area contributed by atoms with E-state index in [1.807, 2.05) is 18.2 Å². The molecule has 1 saturated carbocycles. The Morgan fingerprint density at radius 1 is 1.21 bits per heavy atom. The van der Waals surface area contributed by atoms with Crippen LogP contribution in [-0.2, 0) is 16.1 Å². The first kappa shape index (κ1) is 14.1. The van der Waals surface area contributed by atoms with Gasteiger partial charge < -0.3 is 9.47 Å². The number of methoxy groups -OCH3 is 1. The highest BCUT2D eigenvalue weighted by Gasteiger charge is 2.15. The van der Waals surface area contributed by atoms with Gasteiger partial charge in [0.2, 0.25) is 0 Å². The van der Waals surface area contributed by atoms with E-state index in [1.54, 1.807) is 6.07 Å². The van der Waals surface area contributed by atoms with Crippen LogP contribution in [0.25, 0.3) is 0 Å². The lowest BCUT2D eigenvalue weighted by Crippen LogP contribution is -2.14. The lowest BCUT2D eigenvalue weighted by molar-refractivity contribution is 0.0576. The number of hydrogen-bond acceptors (Lipinski definition) is 3. The first-order valence-electron chi connectivity index (χ1n) is 7.05. The van der Waals surface area contributed by atoms with Gasteiger partial charge in [-0.3, -0.25) is 0 Å². The maximum atomic E-state index is 11.6. The van der Waals surface area contributed by atoms with Crippen LogP contribution in [0.2, 0.25) is 0 Å². The summed E-state index contributed by atoms with van der Waals surface area (Å²) in [5.41, 5.74) is 1.51. The number of benzene rings is 1. The lowest BCUT2D eigenvalue weighted by Gasteiger charge is -2.21. The summed E-state index contributed by atoms with van der Waals surface area (Å²) in [5, 5.41) is 0. The Kier molecular flexibility index (Phi) is 5.40. The number of hydrogen-bond donors (Lipinski definition) is 0. The molecule has 0 amide bonds. The van der Waals surface area contributed by atoms with Crippen molar-refractivity contribution >= 4 is 5.97 Å². The Bertz CT molecular complexity index is 408. The minimum Gasteiger partial charge on any atom is -0.465 e. The molecular formula is C16H22O3. The van der Waals surface area contributed by atoms with E-state index in [4.69, 9.17) is 9.47 Å². The fourth-order valence-corrected chi connectivity index (χ4v) is 2.64. The van der Waals surface area contributed by atoms with E-state index in [-0.39, 0.29) is 5.97 Å². The Morgan fingerprint density at radius 2 is 1.95 bits per heavy atom. The summed E-state index contributed by atoms with van der Waals surface area (Å²) in [6.45, 7) is 1.29. The van der Waals surface area contributed by atoms with E-state index in [1.165, 1.54) is 39.2 Å². The molecule has 0 atom stereocenters. The summed E-state index contributed by atoms with van der Waals surface area (Å²) in [5.74, 6) is 0.399. The SMILES string of the molecule is COC(=O)c1ccccc1COCC1CCCCC1. The van der Waals surface area contributed by atoms with Crippen LogP contribution in [0.15, 0.2) is 24.3 Å². The van der Waals surface area contributed by atoms with Gasteiger partial charge in [-0.1, -0.05) is 37.5 Å². The standard InChI is InChI=1S/C16H22O3/c1-18-16(17)15-10-6-5-9-14(15)12-19-11-13-7-3-2-4-8-13/h5-6,9-10,13H,2-4,7-8,11-12H2,1H3. The van der Waals surface area contributed by atoms with Gasteiger partial charge in [-0.25, -0.2) is 4.79 Å². The minimum atomic E-state index is -0.295. The van der Waals surface area contributed by atoms with Gasteiger partial charge in [-0.05, 0) is 30.4 Å². The van der Waals surface area contributed by atoms with Gasteiger partial charge >= 0.3 is 5.97 Å². The molecule has 0 bridgehead atoms. The van der Waals surface area contributed by atoms with Gasteiger partial charge in [0.15, 0.2) is 0 Å². The molecule has 0 radical (unpaired) electrons. The Morgan fingerprint density at radius 3 is 2.68 bits per heavy atom. The molecule has 0 heterocycles. The van der Waals surface area contributed by atoms with Crippen LogP contribution < -0.4 is 0 Å². The molecule has 0 N–H and O–H groups in total. The van der Waals surface area contributed by atoms with Crippen LogP contribution in [0.1, 0.15) is 48.0 Å². The predicted molar refractivity (Wildman–Crippen MR) is 74.0 cm³/mol. The molecule has 0 spiro atoms. The molecule has 1 fully saturated rings. The molecule has 1 aromatic carbocycles. The second-order valence-corrected chi connectivity index (χ2v) is 5.17. The molecule has 3 nitrogen and oxygen atoms in total. The fourth-order valence-electron chi connectivity index (χ4n) is 2.64. The van der Waals surface area contributed by atoms with Crippen molar-refractivity contribution in [2.75, 3.05) is 13.7 Å². The van der Waals surface area contributed by atoms with E-state index in [2.05, 4.69) is 0 Å². The summed E-state index contributed by atoms with van der Waals surface area (Å²) in [6, 6.07) is 7.47. The molecule has 2 rings (SSSR count). The van der Waals surface area contributed by atoms with Crippen molar-refractivity contribution in [3.8, 4) is 0 Å². The van der Waals surface area contributed by atoms with Crippen LogP contribution in [0.4, 0.5) is 0 Å². The average Bonchev–Trinajstić information content (AvgIpc) is 2.48. The zero-order valence-electron chi connectivity index (χ0n) is 11.6. The maximum Gasteiger partial charge on any atom is 0.338 e. The number of carbonyl (C=O) groups excluding carboxylic acids is 1. The fraction of sp³-hybridized carbons (Fsp3) is 0.562. The van der Waals surface area contributed by atoms with Crippen molar-refractivity contribution in [2.45, 2.75) is 38.7 Å². The molecule has 104 valence electrons. The second-order valence-electron chi connectivity index (χ2n) is 5.17. The van der Waals surface area contributed by atoms with Crippen LogP contribution in [-0.4, -0.2) is 19.7 Å². The highest BCUT2D eigenvalue weighted by Crippen LogP contribution is 2.24. The van der Waals surface area contributed by atoms with Crippen LogP contribution in [0.3, 0.4) is 0 Å². The molecule has 1 aliphatic rings. The normalized spacial score (nSPS) is 16.3. The molecule has 1 aromatic rings. The van der Waals surface area contributed by atoms with E-state index < -0.39 is 0 Å². The zero-order valence-corrected chi connectivity index (χ0v) is 11.6. The quantitative estimate of drug-likeness (QED) is 0.761. The molecule has 19 heavy (non-hydrogen) atoms. The van der Waals surface area contributed by atoms with Gasteiger partial charge in [0.25, 0.3) is 0 Å². The van der Waals surface area contributed by atoms with Gasteiger partial charge in [0.05, 0.1) is 19.3 Å². The van der Waals surface area contributed by atoms with Crippen LogP contribution in [0, 0.1) is 5.92 Å². The Labute approximate surface area is 114 Å². The summed E-state index contributed by atoms with van der Waals surface area (Å²) < 4.78 is 10.6. The lowest BCUT2D eigenvalue weighted by atomic mass is 9.90. The van der Waals surface area contributed by atoms with Gasteiger partial charge in [0, 0.05) is 6.61 Å². The molecule has 3 heteroatoms. The van der Waals surface area contributed by atoms with Gasteiger partial charge in [0.1, 0.15) is 0 Å². The summed E-state index contributed by atoms with van der Waals surface area (Å²) in [6.07, 6.45) is 6.57. The summed E-state index contributed by atoms with van der Waals surface area (Å²) >= 11 is 0. The molecule has 1 aliphatic carbocycles. The first-order valence-corrected chi connectivity index (χ1v) is 7.05. The van der Waals surface area contributed by atoms with Crippen LogP contribution in [0.5, 0.6) is 0 Å². The van der Waals surface area contributed by atoms with E-state index in [9.17, 15) is 4.79 Å².